The van der Waals surface area contributed by atoms with Crippen molar-refractivity contribution in [3.8, 4) is 12.3 Å². The number of aromatic nitrogens is 2. The molecule has 0 amide bonds. The number of nitrogens with zero attached hydrogens (tertiary/aromatic N) is 3. The third kappa shape index (κ3) is 2.37. The Kier molecular flexibility index (Phi) is 3.80. The van der Waals surface area contributed by atoms with E-state index in [2.05, 4.69) is 15.8 Å². The highest BCUT2D eigenvalue weighted by atomic mass is 35.5. The molecule has 0 N–H and O–H groups in total. The van der Waals surface area contributed by atoms with Crippen LogP contribution in [0.1, 0.15) is 5.69 Å². The molecule has 1 aromatic heterocycles. The molecule has 86 valence electrons. The van der Waals surface area contributed by atoms with Gasteiger partial charge in [0, 0.05) is 31.1 Å². The van der Waals surface area contributed by atoms with Crippen LogP contribution in [0.3, 0.4) is 0 Å². The largest absolute Gasteiger partial charge is 0.321 e. The molecule has 0 radical (unpaired) electrons. The van der Waals surface area contributed by atoms with Gasteiger partial charge in [0.15, 0.2) is 0 Å². The summed E-state index contributed by atoms with van der Waals surface area (Å²) in [7, 11) is 1.92. The lowest BCUT2D eigenvalue weighted by atomic mass is 10.2. The van der Waals surface area contributed by atoms with E-state index in [1.807, 2.05) is 29.6 Å². The van der Waals surface area contributed by atoms with E-state index >= 15 is 0 Å². The summed E-state index contributed by atoms with van der Waals surface area (Å²) in [5.41, 5.74) is 1.11. The number of imidazole rings is 1. The first kappa shape index (κ1) is 11.8. The summed E-state index contributed by atoms with van der Waals surface area (Å²) in [5, 5.41) is 0.527. The SMILES string of the molecule is C#CCN(Cc1cnc(Cl)n1C)C1CSC1. The van der Waals surface area contributed by atoms with Crippen molar-refractivity contribution in [2.24, 2.45) is 7.05 Å². The Morgan fingerprint density at radius 3 is 2.94 bits per heavy atom. The zero-order chi connectivity index (χ0) is 11.5. The fourth-order valence-electron chi connectivity index (χ4n) is 1.64. The van der Waals surface area contributed by atoms with Crippen molar-refractivity contribution in [3.63, 3.8) is 0 Å². The van der Waals surface area contributed by atoms with Crippen LogP contribution < -0.4 is 0 Å². The van der Waals surface area contributed by atoms with Crippen molar-refractivity contribution in [1.82, 2.24) is 14.5 Å². The minimum absolute atomic E-state index is 0.527. The highest BCUT2D eigenvalue weighted by molar-refractivity contribution is 8.00. The predicted octanol–water partition coefficient (Wildman–Crippen LogP) is 1.62. The Labute approximate surface area is 105 Å². The summed E-state index contributed by atoms with van der Waals surface area (Å²) < 4.78 is 1.90. The van der Waals surface area contributed by atoms with Crippen molar-refractivity contribution in [2.75, 3.05) is 18.1 Å². The van der Waals surface area contributed by atoms with E-state index in [0.717, 1.165) is 12.2 Å². The smallest absolute Gasteiger partial charge is 0.202 e. The lowest BCUT2D eigenvalue weighted by Crippen LogP contribution is -2.44. The van der Waals surface area contributed by atoms with Gasteiger partial charge in [-0.1, -0.05) is 5.92 Å². The first-order chi connectivity index (χ1) is 7.72. The molecule has 1 aliphatic heterocycles. The zero-order valence-corrected chi connectivity index (χ0v) is 10.8. The fourth-order valence-corrected chi connectivity index (χ4v) is 2.67. The van der Waals surface area contributed by atoms with Gasteiger partial charge in [0.2, 0.25) is 5.28 Å². The number of terminal acetylenes is 1. The van der Waals surface area contributed by atoms with E-state index in [9.17, 15) is 0 Å². The average molecular weight is 256 g/mol. The van der Waals surface area contributed by atoms with Crippen molar-refractivity contribution >= 4 is 23.4 Å². The van der Waals surface area contributed by atoms with Crippen LogP contribution >= 0.6 is 23.4 Å². The molecule has 16 heavy (non-hydrogen) atoms. The number of halogens is 1. The molecule has 0 bridgehead atoms. The zero-order valence-electron chi connectivity index (χ0n) is 9.19. The molecular formula is C11H14ClN3S. The van der Waals surface area contributed by atoms with Crippen LogP contribution in [0.15, 0.2) is 6.20 Å². The van der Waals surface area contributed by atoms with Crippen LogP contribution in [-0.4, -0.2) is 38.5 Å². The predicted molar refractivity (Wildman–Crippen MR) is 68.6 cm³/mol. The molecule has 1 aliphatic rings. The molecule has 2 heterocycles. The molecule has 0 unspecified atom stereocenters. The Bertz CT molecular complexity index is 406. The molecule has 0 aliphatic carbocycles. The van der Waals surface area contributed by atoms with Gasteiger partial charge in [-0.3, -0.25) is 4.90 Å². The summed E-state index contributed by atoms with van der Waals surface area (Å²) in [4.78, 5) is 6.39. The number of rotatable bonds is 4. The minimum atomic E-state index is 0.527. The molecule has 1 aromatic rings. The van der Waals surface area contributed by atoms with Crippen LogP contribution in [0.4, 0.5) is 0 Å². The first-order valence-electron chi connectivity index (χ1n) is 5.13. The standard InChI is InChI=1S/C11H14ClN3S/c1-3-4-15(10-7-16-8-10)6-9-5-13-11(12)14(9)2/h1,5,10H,4,6-8H2,2H3. The second-order valence-electron chi connectivity index (χ2n) is 3.88. The third-order valence-corrected chi connectivity index (χ3v) is 4.42. The molecule has 0 saturated carbocycles. The highest BCUT2D eigenvalue weighted by Gasteiger charge is 2.25. The fraction of sp³-hybridized carbons (Fsp3) is 0.545. The van der Waals surface area contributed by atoms with E-state index in [1.54, 1.807) is 0 Å². The molecule has 5 heteroatoms. The lowest BCUT2D eigenvalue weighted by Gasteiger charge is -2.35. The first-order valence-corrected chi connectivity index (χ1v) is 6.67. The molecule has 3 nitrogen and oxygen atoms in total. The number of hydrogen-bond donors (Lipinski definition) is 0. The average Bonchev–Trinajstić information content (AvgIpc) is 2.47. The van der Waals surface area contributed by atoms with Crippen molar-refractivity contribution in [3.05, 3.63) is 17.2 Å². The Hall–Kier alpha value is -0.630. The molecule has 2 rings (SSSR count). The van der Waals surface area contributed by atoms with Gasteiger partial charge in [-0.05, 0) is 11.6 Å². The monoisotopic (exact) mass is 255 g/mol. The summed E-state index contributed by atoms with van der Waals surface area (Å²) in [6.07, 6.45) is 7.21. The maximum atomic E-state index is 5.91. The molecule has 0 aromatic carbocycles. The number of thioether (sulfide) groups is 1. The van der Waals surface area contributed by atoms with E-state index in [4.69, 9.17) is 18.0 Å². The minimum Gasteiger partial charge on any atom is -0.321 e. The van der Waals surface area contributed by atoms with Crippen molar-refractivity contribution < 1.29 is 0 Å². The number of hydrogen-bond acceptors (Lipinski definition) is 3. The van der Waals surface area contributed by atoms with Crippen LogP contribution in [0, 0.1) is 12.3 Å². The van der Waals surface area contributed by atoms with Gasteiger partial charge in [-0.15, -0.1) is 6.42 Å². The Morgan fingerprint density at radius 2 is 2.50 bits per heavy atom. The van der Waals surface area contributed by atoms with Gasteiger partial charge in [0.1, 0.15) is 0 Å². The van der Waals surface area contributed by atoms with Gasteiger partial charge in [0.25, 0.3) is 0 Å². The highest BCUT2D eigenvalue weighted by Crippen LogP contribution is 2.24. The molecule has 1 saturated heterocycles. The molecule has 0 atom stereocenters. The van der Waals surface area contributed by atoms with Crippen molar-refractivity contribution in [2.45, 2.75) is 12.6 Å². The van der Waals surface area contributed by atoms with E-state index < -0.39 is 0 Å². The molecule has 0 spiro atoms. The maximum Gasteiger partial charge on any atom is 0.202 e. The lowest BCUT2D eigenvalue weighted by molar-refractivity contribution is 0.234. The normalized spacial score (nSPS) is 16.1. The third-order valence-electron chi connectivity index (χ3n) is 2.82. The van der Waals surface area contributed by atoms with Crippen LogP contribution in [0.5, 0.6) is 0 Å². The Morgan fingerprint density at radius 1 is 1.75 bits per heavy atom. The van der Waals surface area contributed by atoms with Gasteiger partial charge in [0.05, 0.1) is 18.4 Å². The summed E-state index contributed by atoms with van der Waals surface area (Å²) in [5.74, 6) is 5.07. The van der Waals surface area contributed by atoms with Crippen LogP contribution in [0.2, 0.25) is 5.28 Å². The molecular weight excluding hydrogens is 242 g/mol. The van der Waals surface area contributed by atoms with E-state index in [-0.39, 0.29) is 0 Å². The maximum absolute atomic E-state index is 5.91. The van der Waals surface area contributed by atoms with Crippen molar-refractivity contribution in [1.29, 1.82) is 0 Å². The summed E-state index contributed by atoms with van der Waals surface area (Å²) in [6, 6.07) is 0.606. The summed E-state index contributed by atoms with van der Waals surface area (Å²) >= 11 is 7.87. The quantitative estimate of drug-likeness (QED) is 0.763. The van der Waals surface area contributed by atoms with E-state index in [1.165, 1.54) is 11.5 Å². The van der Waals surface area contributed by atoms with E-state index in [0.29, 0.717) is 17.9 Å². The topological polar surface area (TPSA) is 21.1 Å². The second kappa shape index (κ2) is 5.13. The van der Waals surface area contributed by atoms with Gasteiger partial charge in [-0.2, -0.15) is 11.8 Å². The van der Waals surface area contributed by atoms with Gasteiger partial charge in [-0.25, -0.2) is 4.98 Å². The van der Waals surface area contributed by atoms with Crippen LogP contribution in [-0.2, 0) is 13.6 Å². The van der Waals surface area contributed by atoms with Crippen LogP contribution in [0.25, 0.3) is 0 Å². The second-order valence-corrected chi connectivity index (χ2v) is 5.29. The van der Waals surface area contributed by atoms with Gasteiger partial charge < -0.3 is 4.57 Å². The van der Waals surface area contributed by atoms with Gasteiger partial charge >= 0.3 is 0 Å². The Balaban J connectivity index is 2.05. The summed E-state index contributed by atoms with van der Waals surface area (Å²) in [6.45, 7) is 1.51. The molecule has 1 fully saturated rings.